The van der Waals surface area contributed by atoms with Gasteiger partial charge in [0.2, 0.25) is 5.71 Å². The predicted molar refractivity (Wildman–Crippen MR) is 166 cm³/mol. The second-order valence-electron chi connectivity index (χ2n) is 10.3. The normalized spacial score (nSPS) is 11.9. The molecule has 9 rings (SSSR count). The van der Waals surface area contributed by atoms with E-state index in [-0.39, 0.29) is 0 Å². The molecule has 0 fully saturated rings. The van der Waals surface area contributed by atoms with Crippen LogP contribution in [-0.2, 0) is 0 Å². The molecule has 0 unspecified atom stereocenters. The molecule has 0 N–H and O–H groups in total. The Balaban J connectivity index is 1.44. The van der Waals surface area contributed by atoms with Gasteiger partial charge in [0.05, 0.1) is 11.0 Å². The van der Waals surface area contributed by atoms with Gasteiger partial charge in [0, 0.05) is 40.9 Å². The smallest absolute Gasteiger partial charge is 0.246 e. The summed E-state index contributed by atoms with van der Waals surface area (Å²) in [5.41, 5.74) is 8.59. The number of benzene rings is 5. The van der Waals surface area contributed by atoms with Gasteiger partial charge < -0.3 is 4.42 Å². The zero-order chi connectivity index (χ0) is 26.9. The average molecular weight is 525 g/mol. The summed E-state index contributed by atoms with van der Waals surface area (Å²) < 4.78 is 5.99. The molecule has 5 nitrogen and oxygen atoms in total. The minimum absolute atomic E-state index is 0.552. The number of fused-ring (bicyclic) bond motifs is 8. The lowest BCUT2D eigenvalue weighted by Gasteiger charge is -2.19. The second kappa shape index (κ2) is 8.41. The highest BCUT2D eigenvalue weighted by atomic mass is 16.3. The van der Waals surface area contributed by atoms with E-state index in [4.69, 9.17) is 9.40 Å². The molecule has 0 bridgehead atoms. The second-order valence-corrected chi connectivity index (χ2v) is 10.3. The summed E-state index contributed by atoms with van der Waals surface area (Å²) in [6, 6.07) is 34.3. The van der Waals surface area contributed by atoms with Crippen molar-refractivity contribution in [3.8, 4) is 22.3 Å². The monoisotopic (exact) mass is 524 g/mol. The van der Waals surface area contributed by atoms with Gasteiger partial charge in [-0.15, -0.1) is 0 Å². The van der Waals surface area contributed by atoms with Gasteiger partial charge in [-0.2, -0.15) is 0 Å². The molecule has 9 aromatic rings. The van der Waals surface area contributed by atoms with E-state index in [2.05, 4.69) is 93.8 Å². The molecule has 4 heterocycles. The van der Waals surface area contributed by atoms with Crippen LogP contribution in [0.4, 0.5) is 0 Å². The summed E-state index contributed by atoms with van der Waals surface area (Å²) in [5, 5.41) is 7.86. The standard InChI is InChI=1S/C36H20N4O/c1-3-10-25-23(8-1)31(21-13-14-30-29(19-21)35-36(41-30)40-18-17-39-35)24-9-2-4-11-26(24)32(25)28-20-22-7-5-15-37-33(22)34-27(28)12-6-16-38-34/h1-20H. The Bertz CT molecular complexity index is 2440. The summed E-state index contributed by atoms with van der Waals surface area (Å²) in [4.78, 5) is 18.4. The maximum absolute atomic E-state index is 5.99. The summed E-state index contributed by atoms with van der Waals surface area (Å²) in [5.74, 6) is 0. The van der Waals surface area contributed by atoms with E-state index in [1.165, 1.54) is 32.7 Å². The van der Waals surface area contributed by atoms with E-state index < -0.39 is 0 Å². The molecule has 0 aliphatic carbocycles. The third-order valence-electron chi connectivity index (χ3n) is 8.06. The number of pyridine rings is 2. The molecule has 4 aromatic heterocycles. The molecular weight excluding hydrogens is 504 g/mol. The van der Waals surface area contributed by atoms with Crippen molar-refractivity contribution in [3.63, 3.8) is 0 Å². The van der Waals surface area contributed by atoms with Crippen molar-refractivity contribution >= 4 is 65.6 Å². The zero-order valence-corrected chi connectivity index (χ0v) is 21.7. The highest BCUT2D eigenvalue weighted by molar-refractivity contribution is 6.25. The number of hydrogen-bond donors (Lipinski definition) is 0. The average Bonchev–Trinajstić information content (AvgIpc) is 3.41. The number of hydrogen-bond acceptors (Lipinski definition) is 5. The van der Waals surface area contributed by atoms with Gasteiger partial charge in [0.15, 0.2) is 0 Å². The van der Waals surface area contributed by atoms with Crippen LogP contribution in [0.2, 0.25) is 0 Å². The summed E-state index contributed by atoms with van der Waals surface area (Å²) in [6.45, 7) is 0. The number of nitrogens with zero attached hydrogens (tertiary/aromatic N) is 4. The van der Waals surface area contributed by atoms with Crippen LogP contribution in [0.3, 0.4) is 0 Å². The van der Waals surface area contributed by atoms with Gasteiger partial charge in [0.1, 0.15) is 11.1 Å². The van der Waals surface area contributed by atoms with Crippen molar-refractivity contribution in [2.24, 2.45) is 0 Å². The molecule has 0 amide bonds. The maximum atomic E-state index is 5.99. The molecule has 0 saturated carbocycles. The Morgan fingerprint density at radius 1 is 0.439 bits per heavy atom. The van der Waals surface area contributed by atoms with E-state index in [1.54, 1.807) is 12.4 Å². The van der Waals surface area contributed by atoms with Crippen LogP contribution >= 0.6 is 0 Å². The maximum Gasteiger partial charge on any atom is 0.246 e. The lowest BCUT2D eigenvalue weighted by atomic mass is 9.84. The van der Waals surface area contributed by atoms with Gasteiger partial charge >= 0.3 is 0 Å². The first-order valence-corrected chi connectivity index (χ1v) is 13.5. The fraction of sp³-hybridized carbons (Fsp3) is 0. The molecule has 0 aliphatic rings. The van der Waals surface area contributed by atoms with Crippen LogP contribution in [0.5, 0.6) is 0 Å². The van der Waals surface area contributed by atoms with E-state index >= 15 is 0 Å². The van der Waals surface area contributed by atoms with Crippen LogP contribution in [-0.4, -0.2) is 19.9 Å². The van der Waals surface area contributed by atoms with Gasteiger partial charge in [0.25, 0.3) is 0 Å². The fourth-order valence-corrected chi connectivity index (χ4v) is 6.36. The zero-order valence-electron chi connectivity index (χ0n) is 21.7. The number of aromatic nitrogens is 4. The highest BCUT2D eigenvalue weighted by Gasteiger charge is 2.20. The topological polar surface area (TPSA) is 64.7 Å². The third kappa shape index (κ3) is 3.17. The van der Waals surface area contributed by atoms with E-state index in [0.717, 1.165) is 49.4 Å². The van der Waals surface area contributed by atoms with Crippen molar-refractivity contribution in [2.75, 3.05) is 0 Å². The van der Waals surface area contributed by atoms with Gasteiger partial charge in [-0.25, -0.2) is 9.97 Å². The fourth-order valence-electron chi connectivity index (χ4n) is 6.36. The first-order valence-electron chi connectivity index (χ1n) is 13.5. The molecule has 0 atom stereocenters. The minimum atomic E-state index is 0.552. The first kappa shape index (κ1) is 22.2. The Morgan fingerprint density at radius 2 is 1.07 bits per heavy atom. The summed E-state index contributed by atoms with van der Waals surface area (Å²) in [6.07, 6.45) is 7.05. The summed E-state index contributed by atoms with van der Waals surface area (Å²) in [7, 11) is 0. The first-order chi connectivity index (χ1) is 20.3. The lowest BCUT2D eigenvalue weighted by Crippen LogP contribution is -1.93. The Morgan fingerprint density at radius 3 is 1.85 bits per heavy atom. The van der Waals surface area contributed by atoms with Crippen molar-refractivity contribution in [1.29, 1.82) is 0 Å². The summed E-state index contributed by atoms with van der Waals surface area (Å²) >= 11 is 0. The van der Waals surface area contributed by atoms with Crippen LogP contribution < -0.4 is 0 Å². The van der Waals surface area contributed by atoms with E-state index in [1.807, 2.05) is 30.6 Å². The lowest BCUT2D eigenvalue weighted by molar-refractivity contribution is 0.653. The number of rotatable bonds is 2. The van der Waals surface area contributed by atoms with Crippen LogP contribution in [0.1, 0.15) is 0 Å². The Kier molecular flexibility index (Phi) is 4.55. The van der Waals surface area contributed by atoms with Crippen LogP contribution in [0.25, 0.3) is 87.8 Å². The minimum Gasteiger partial charge on any atom is -0.436 e. The largest absolute Gasteiger partial charge is 0.436 e. The molecule has 190 valence electrons. The highest BCUT2D eigenvalue weighted by Crippen LogP contribution is 2.46. The quantitative estimate of drug-likeness (QED) is 0.167. The third-order valence-corrected chi connectivity index (χ3v) is 8.06. The molecule has 0 saturated heterocycles. The Hall–Kier alpha value is -5.68. The molecule has 41 heavy (non-hydrogen) atoms. The Labute approximate surface area is 233 Å². The predicted octanol–water partition coefficient (Wildman–Crippen LogP) is 9.11. The molecule has 0 aliphatic heterocycles. The molecular formula is C36H20N4O. The van der Waals surface area contributed by atoms with Crippen molar-refractivity contribution in [3.05, 3.63) is 122 Å². The SMILES string of the molecule is c1cnc2c(c1)cc(-c1c3ccccc3c(-c3ccc4oc5nccnc5c4c3)c3ccccc13)c1cccnc12. The molecule has 0 radical (unpaired) electrons. The van der Waals surface area contributed by atoms with Crippen molar-refractivity contribution < 1.29 is 4.42 Å². The molecule has 0 spiro atoms. The van der Waals surface area contributed by atoms with E-state index in [0.29, 0.717) is 5.71 Å². The van der Waals surface area contributed by atoms with Crippen LogP contribution in [0, 0.1) is 0 Å². The van der Waals surface area contributed by atoms with E-state index in [9.17, 15) is 0 Å². The van der Waals surface area contributed by atoms with Crippen molar-refractivity contribution in [2.45, 2.75) is 0 Å². The van der Waals surface area contributed by atoms with Gasteiger partial charge in [-0.1, -0.05) is 66.7 Å². The van der Waals surface area contributed by atoms with Crippen LogP contribution in [0.15, 0.2) is 126 Å². The van der Waals surface area contributed by atoms with Crippen molar-refractivity contribution in [1.82, 2.24) is 19.9 Å². The molecule has 5 aromatic carbocycles. The van der Waals surface area contributed by atoms with Gasteiger partial charge in [-0.05, 0) is 74.1 Å². The van der Waals surface area contributed by atoms with Gasteiger partial charge in [-0.3, -0.25) is 9.97 Å². The molecule has 5 heteroatoms. The number of furan rings is 1.